The van der Waals surface area contributed by atoms with E-state index in [1.54, 1.807) is 35.5 Å². The third-order valence-electron chi connectivity index (χ3n) is 3.99. The van der Waals surface area contributed by atoms with Crippen molar-refractivity contribution < 1.29 is 18.7 Å². The summed E-state index contributed by atoms with van der Waals surface area (Å²) in [5.74, 6) is 1.60. The molecule has 6 heteroatoms. The van der Waals surface area contributed by atoms with Gasteiger partial charge in [0, 0.05) is 19.2 Å². The van der Waals surface area contributed by atoms with Crippen LogP contribution in [0.1, 0.15) is 12.5 Å². The number of benzene rings is 2. The number of pyridine rings is 1. The number of hydrogen-bond donors (Lipinski definition) is 0. The fourth-order valence-corrected chi connectivity index (χ4v) is 2.72. The summed E-state index contributed by atoms with van der Waals surface area (Å²) in [4.78, 5) is 18.1. The minimum atomic E-state index is -0.556. The number of rotatable bonds is 8. The van der Waals surface area contributed by atoms with Gasteiger partial charge in [0.15, 0.2) is 5.75 Å². The van der Waals surface area contributed by atoms with E-state index in [2.05, 4.69) is 4.98 Å². The molecule has 0 aliphatic carbocycles. The van der Waals surface area contributed by atoms with Gasteiger partial charge in [0.2, 0.25) is 5.91 Å². The topological polar surface area (TPSA) is 51.7 Å². The Bertz CT molecular complexity index is 918. The summed E-state index contributed by atoms with van der Waals surface area (Å²) in [7, 11) is 0. The second-order valence-electron chi connectivity index (χ2n) is 6.05. The summed E-state index contributed by atoms with van der Waals surface area (Å²) < 4.78 is 23.6. The lowest BCUT2D eigenvalue weighted by Crippen LogP contribution is -2.28. The Morgan fingerprint density at radius 2 is 1.86 bits per heavy atom. The fraction of sp³-hybridized carbons (Fsp3) is 0.182. The van der Waals surface area contributed by atoms with Gasteiger partial charge < -0.3 is 14.4 Å². The highest BCUT2D eigenvalue weighted by atomic mass is 19.1. The normalized spacial score (nSPS) is 10.4. The van der Waals surface area contributed by atoms with Gasteiger partial charge in [-0.1, -0.05) is 30.3 Å². The molecule has 3 aromatic rings. The van der Waals surface area contributed by atoms with Crippen molar-refractivity contribution in [3.8, 4) is 17.2 Å². The van der Waals surface area contributed by atoms with Gasteiger partial charge in [-0.25, -0.2) is 4.39 Å². The number of para-hydroxylation sites is 1. The molecule has 1 aromatic heterocycles. The van der Waals surface area contributed by atoms with E-state index in [4.69, 9.17) is 9.47 Å². The van der Waals surface area contributed by atoms with Gasteiger partial charge in [-0.2, -0.15) is 0 Å². The van der Waals surface area contributed by atoms with Gasteiger partial charge in [0.25, 0.3) is 0 Å². The van der Waals surface area contributed by atoms with Gasteiger partial charge in [-0.15, -0.1) is 0 Å². The van der Waals surface area contributed by atoms with Crippen molar-refractivity contribution in [1.29, 1.82) is 0 Å². The zero-order valence-corrected chi connectivity index (χ0v) is 15.5. The highest BCUT2D eigenvalue weighted by Crippen LogP contribution is 2.32. The Balaban J connectivity index is 1.86. The Labute approximate surface area is 163 Å². The maximum atomic E-state index is 12.4. The third kappa shape index (κ3) is 5.07. The molecule has 0 radical (unpaired) electrons. The van der Waals surface area contributed by atoms with Crippen molar-refractivity contribution in [1.82, 2.24) is 4.98 Å². The summed E-state index contributed by atoms with van der Waals surface area (Å²) in [6.45, 7) is 1.24. The highest BCUT2D eigenvalue weighted by Gasteiger charge is 2.18. The first-order valence-electron chi connectivity index (χ1n) is 8.90. The number of amides is 1. The van der Waals surface area contributed by atoms with Crippen LogP contribution in [0.5, 0.6) is 17.2 Å². The lowest BCUT2D eigenvalue weighted by atomic mass is 10.2. The number of carbonyl (C=O) groups excluding carboxylic acids is 1. The van der Waals surface area contributed by atoms with E-state index in [9.17, 15) is 9.18 Å². The molecule has 144 valence electrons. The zero-order valence-electron chi connectivity index (χ0n) is 15.5. The summed E-state index contributed by atoms with van der Waals surface area (Å²) in [6.07, 6.45) is 3.22. The average molecular weight is 380 g/mol. The monoisotopic (exact) mass is 380 g/mol. The van der Waals surface area contributed by atoms with Crippen molar-refractivity contribution in [2.45, 2.75) is 13.5 Å². The molecule has 28 heavy (non-hydrogen) atoms. The molecule has 0 unspecified atom stereocenters. The fourth-order valence-electron chi connectivity index (χ4n) is 2.72. The van der Waals surface area contributed by atoms with Crippen molar-refractivity contribution in [3.05, 3.63) is 78.6 Å². The molecule has 0 aliphatic heterocycles. The molecule has 1 heterocycles. The van der Waals surface area contributed by atoms with E-state index in [0.717, 1.165) is 5.56 Å². The van der Waals surface area contributed by atoms with E-state index >= 15 is 0 Å². The number of nitrogens with zero attached hydrogens (tertiary/aromatic N) is 2. The van der Waals surface area contributed by atoms with Gasteiger partial charge >= 0.3 is 0 Å². The Kier molecular flexibility index (Phi) is 6.57. The van der Waals surface area contributed by atoms with Crippen LogP contribution in [-0.2, 0) is 11.3 Å². The number of anilines is 1. The lowest BCUT2D eigenvalue weighted by molar-refractivity contribution is -0.116. The van der Waals surface area contributed by atoms with Crippen LogP contribution in [0, 0.1) is 0 Å². The largest absolute Gasteiger partial charge is 0.491 e. The summed E-state index contributed by atoms with van der Waals surface area (Å²) in [5, 5.41) is 0. The molecule has 2 aromatic carbocycles. The molecule has 0 fully saturated rings. The molecule has 0 aliphatic rings. The number of ether oxygens (including phenoxy) is 2. The molecule has 0 spiro atoms. The van der Waals surface area contributed by atoms with E-state index in [1.807, 2.05) is 42.5 Å². The van der Waals surface area contributed by atoms with Gasteiger partial charge in [-0.05, 0) is 29.8 Å². The average Bonchev–Trinajstić information content (AvgIpc) is 2.72. The first-order valence-corrected chi connectivity index (χ1v) is 8.90. The summed E-state index contributed by atoms with van der Waals surface area (Å²) in [6, 6.07) is 18.3. The van der Waals surface area contributed by atoms with Gasteiger partial charge in [-0.3, -0.25) is 9.78 Å². The predicted molar refractivity (Wildman–Crippen MR) is 106 cm³/mol. The first-order chi connectivity index (χ1) is 13.7. The second-order valence-corrected chi connectivity index (χ2v) is 6.05. The number of carbonyl (C=O) groups is 1. The number of aromatic nitrogens is 1. The molecule has 0 atom stereocenters. The third-order valence-corrected chi connectivity index (χ3v) is 3.99. The highest BCUT2D eigenvalue weighted by molar-refractivity contribution is 5.92. The van der Waals surface area contributed by atoms with Crippen LogP contribution in [0.4, 0.5) is 10.1 Å². The molecule has 0 bridgehead atoms. The van der Waals surface area contributed by atoms with Crippen molar-refractivity contribution in [2.24, 2.45) is 0 Å². The maximum Gasteiger partial charge on any atom is 0.224 e. The predicted octanol–water partition coefficient (Wildman–Crippen LogP) is 4.78. The quantitative estimate of drug-likeness (QED) is 0.565. The lowest BCUT2D eigenvalue weighted by Gasteiger charge is -2.23. The van der Waals surface area contributed by atoms with E-state index in [-0.39, 0.29) is 12.5 Å². The number of hydrogen-bond acceptors (Lipinski definition) is 4. The first kappa shape index (κ1) is 19.4. The Morgan fingerprint density at radius 3 is 2.61 bits per heavy atom. The molecule has 0 N–H and O–H groups in total. The molecule has 0 saturated carbocycles. The minimum Gasteiger partial charge on any atom is -0.491 e. The van der Waals surface area contributed by atoms with Crippen LogP contribution in [0.2, 0.25) is 0 Å². The molecular formula is C22H21FN2O3. The van der Waals surface area contributed by atoms with Crippen molar-refractivity contribution >= 4 is 11.6 Å². The number of halogens is 1. The minimum absolute atomic E-state index is 0.00244. The van der Waals surface area contributed by atoms with E-state index in [0.29, 0.717) is 29.5 Å². The molecule has 5 nitrogen and oxygen atoms in total. The van der Waals surface area contributed by atoms with Crippen LogP contribution in [0.25, 0.3) is 0 Å². The van der Waals surface area contributed by atoms with Crippen LogP contribution in [0.15, 0.2) is 73.1 Å². The smallest absolute Gasteiger partial charge is 0.224 e. The number of alkyl halides is 1. The van der Waals surface area contributed by atoms with Crippen molar-refractivity contribution in [2.75, 3.05) is 18.2 Å². The van der Waals surface area contributed by atoms with Gasteiger partial charge in [0.1, 0.15) is 30.5 Å². The Morgan fingerprint density at radius 1 is 1.07 bits per heavy atom. The van der Waals surface area contributed by atoms with Crippen LogP contribution in [-0.4, -0.2) is 24.2 Å². The van der Waals surface area contributed by atoms with Crippen molar-refractivity contribution in [3.63, 3.8) is 0 Å². The van der Waals surface area contributed by atoms with E-state index < -0.39 is 6.67 Å². The Hall–Kier alpha value is -3.41. The van der Waals surface area contributed by atoms with Crippen LogP contribution >= 0.6 is 0 Å². The summed E-state index contributed by atoms with van der Waals surface area (Å²) >= 11 is 0. The maximum absolute atomic E-state index is 12.4. The zero-order chi connectivity index (χ0) is 19.8. The van der Waals surface area contributed by atoms with Gasteiger partial charge in [0.05, 0.1) is 12.7 Å². The summed E-state index contributed by atoms with van der Waals surface area (Å²) in [5.41, 5.74) is 1.41. The standard InChI is InChI=1S/C22H21FN2O3/c1-17(26)25(16-18-6-5-9-20(14-18)27-13-11-23)21-15-24-12-10-22(21)28-19-7-3-2-4-8-19/h2-10,12,14-15H,11,13,16H2,1H3. The van der Waals surface area contributed by atoms with E-state index in [1.165, 1.54) is 6.92 Å². The molecule has 0 saturated heterocycles. The molecule has 3 rings (SSSR count). The van der Waals surface area contributed by atoms with Crippen LogP contribution in [0.3, 0.4) is 0 Å². The molecular weight excluding hydrogens is 359 g/mol. The van der Waals surface area contributed by atoms with Crippen LogP contribution < -0.4 is 14.4 Å². The second kappa shape index (κ2) is 9.50. The SMILES string of the molecule is CC(=O)N(Cc1cccc(OCCF)c1)c1cnccc1Oc1ccccc1. The molecule has 1 amide bonds.